The van der Waals surface area contributed by atoms with E-state index in [9.17, 15) is 69.3 Å². The summed E-state index contributed by atoms with van der Waals surface area (Å²) >= 11 is 0. The Hall–Kier alpha value is -6.86. The van der Waals surface area contributed by atoms with Crippen LogP contribution in [0, 0.1) is 121 Å². The van der Waals surface area contributed by atoms with E-state index in [4.69, 9.17) is 5.26 Å². The van der Waals surface area contributed by atoms with Crippen LogP contribution in [-0.2, 0) is 12.4 Å². The van der Waals surface area contributed by atoms with E-state index in [1.807, 2.05) is 0 Å². The highest BCUT2D eigenvalue weighted by atomic mass is 19.4. The molecule has 1 saturated carbocycles. The van der Waals surface area contributed by atoms with Crippen LogP contribution >= 0.6 is 0 Å². The summed E-state index contributed by atoms with van der Waals surface area (Å²) in [6.45, 7) is 0. The predicted molar refractivity (Wildman–Crippen MR) is 136 cm³/mol. The second kappa shape index (κ2) is 13.0. The van der Waals surface area contributed by atoms with Gasteiger partial charge in [-0.05, 0) is 0 Å². The Labute approximate surface area is 280 Å². The lowest BCUT2D eigenvalue weighted by Crippen LogP contribution is -2.17. The molecule has 1 aliphatic carbocycles. The Morgan fingerprint density at radius 3 is 0.792 bits per heavy atom. The second-order valence-corrected chi connectivity index (χ2v) is 9.88. The number of hydrogen-bond donors (Lipinski definition) is 0. The molecule has 0 atom stereocenters. The molecule has 4 rings (SSSR count). The van der Waals surface area contributed by atoms with Crippen LogP contribution in [0.5, 0.6) is 0 Å². The van der Waals surface area contributed by atoms with Crippen molar-refractivity contribution in [2.45, 2.75) is 12.4 Å². The minimum Gasteiger partial charge on any atom is -0.205 e. The summed E-state index contributed by atoms with van der Waals surface area (Å²) in [6.07, 6.45) is -12.4. The first kappa shape index (κ1) is 38.9. The number of nitriles is 5. The fourth-order valence-electron chi connectivity index (χ4n) is 4.94. The molecule has 1 fully saturated rings. The maximum atomic E-state index is 15.5. The number of alkyl halides is 6. The third kappa shape index (κ3) is 5.72. The molecule has 5 nitrogen and oxygen atoms in total. The summed E-state index contributed by atoms with van der Waals surface area (Å²) in [4.78, 5) is 0. The van der Waals surface area contributed by atoms with Crippen molar-refractivity contribution < 1.29 is 74.6 Å². The molecular weight excluding hydrogens is 765 g/mol. The van der Waals surface area contributed by atoms with Gasteiger partial charge in [0.15, 0.2) is 64.0 Å². The minimum atomic E-state index is -6.20. The molecule has 268 valence electrons. The number of allylic oxidation sites excluding steroid dienone is 6. The van der Waals surface area contributed by atoms with E-state index < -0.39 is 149 Å². The van der Waals surface area contributed by atoms with E-state index in [0.717, 1.165) is 18.2 Å². The standard InChI is InChI=1S/C31F17N5/c32-19-6(1-49)7(2-50)20(33)21(34)14(19)8(3-51)11-12(9(4-52)15-22(35)26(39)17(30(43,44)45)27(40)23(15)36)13(11)10(5-53)16-24(37)28(41)18(31(46,47)48)29(42)25(16)38/b12-9+,13-10+. The Morgan fingerprint density at radius 2 is 0.566 bits per heavy atom. The lowest BCUT2D eigenvalue weighted by Gasteiger charge is -2.14. The van der Waals surface area contributed by atoms with E-state index in [1.54, 1.807) is 0 Å². The third-order valence-electron chi connectivity index (χ3n) is 7.16. The maximum absolute atomic E-state index is 15.5. The zero-order valence-electron chi connectivity index (χ0n) is 24.2. The summed E-state index contributed by atoms with van der Waals surface area (Å²) in [5.74, 6) is -33.0. The van der Waals surface area contributed by atoms with Crippen LogP contribution < -0.4 is 0 Å². The smallest absolute Gasteiger partial charge is 0.205 e. The summed E-state index contributed by atoms with van der Waals surface area (Å²) < 4.78 is 243. The van der Waals surface area contributed by atoms with Crippen molar-refractivity contribution in [1.29, 1.82) is 26.3 Å². The first-order chi connectivity index (χ1) is 24.5. The summed E-state index contributed by atoms with van der Waals surface area (Å²) in [5, 5.41) is 47.6. The van der Waals surface area contributed by atoms with Crippen molar-refractivity contribution in [3.05, 3.63) is 120 Å². The molecule has 0 spiro atoms. The van der Waals surface area contributed by atoms with Gasteiger partial charge >= 0.3 is 12.4 Å². The highest BCUT2D eigenvalue weighted by Gasteiger charge is 2.49. The topological polar surface area (TPSA) is 119 Å². The van der Waals surface area contributed by atoms with Gasteiger partial charge in [0, 0.05) is 16.7 Å². The summed E-state index contributed by atoms with van der Waals surface area (Å²) in [6, 6.07) is 4.02. The first-order valence-electron chi connectivity index (χ1n) is 12.8. The number of halogens is 17. The van der Waals surface area contributed by atoms with Gasteiger partial charge in [-0.25, -0.2) is 48.3 Å². The molecule has 0 unspecified atom stereocenters. The molecule has 0 aliphatic heterocycles. The lowest BCUT2D eigenvalue weighted by molar-refractivity contribution is -0.144. The van der Waals surface area contributed by atoms with Crippen LogP contribution in [0.2, 0.25) is 0 Å². The average molecular weight is 765 g/mol. The van der Waals surface area contributed by atoms with Crippen molar-refractivity contribution in [1.82, 2.24) is 0 Å². The van der Waals surface area contributed by atoms with Gasteiger partial charge in [0.1, 0.15) is 52.6 Å². The average Bonchev–Trinajstić information content (AvgIpc) is 3.79. The third-order valence-corrected chi connectivity index (χ3v) is 7.16. The van der Waals surface area contributed by atoms with E-state index in [0.29, 0.717) is 12.1 Å². The number of benzene rings is 3. The molecule has 53 heavy (non-hydrogen) atoms. The molecule has 0 heterocycles. The van der Waals surface area contributed by atoms with Gasteiger partial charge in [0.25, 0.3) is 0 Å². The van der Waals surface area contributed by atoms with Crippen LogP contribution in [0.15, 0.2) is 16.7 Å². The summed E-state index contributed by atoms with van der Waals surface area (Å²) in [5.41, 5.74) is -28.4. The molecule has 0 amide bonds. The van der Waals surface area contributed by atoms with E-state index in [-0.39, 0.29) is 0 Å². The number of rotatable bonds is 3. The molecule has 1 aliphatic rings. The van der Waals surface area contributed by atoms with E-state index >= 15 is 26.3 Å². The van der Waals surface area contributed by atoms with Gasteiger partial charge < -0.3 is 0 Å². The number of hydrogen-bond acceptors (Lipinski definition) is 5. The molecule has 0 saturated heterocycles. The predicted octanol–water partition coefficient (Wildman–Crippen LogP) is 9.24. The van der Waals surface area contributed by atoms with E-state index in [1.165, 1.54) is 0 Å². The second-order valence-electron chi connectivity index (χ2n) is 9.88. The highest BCUT2D eigenvalue weighted by Crippen LogP contribution is 2.58. The largest absolute Gasteiger partial charge is 0.422 e. The first-order valence-corrected chi connectivity index (χ1v) is 12.8. The van der Waals surface area contributed by atoms with Crippen molar-refractivity contribution in [2.75, 3.05) is 0 Å². The molecule has 22 heteroatoms. The fourth-order valence-corrected chi connectivity index (χ4v) is 4.94. The van der Waals surface area contributed by atoms with Crippen LogP contribution in [-0.4, -0.2) is 0 Å². The van der Waals surface area contributed by atoms with Gasteiger partial charge in [0.2, 0.25) is 0 Å². The van der Waals surface area contributed by atoms with Crippen molar-refractivity contribution in [2.24, 2.45) is 0 Å². The lowest BCUT2D eigenvalue weighted by atomic mass is 9.96. The van der Waals surface area contributed by atoms with Crippen LogP contribution in [0.4, 0.5) is 74.6 Å². The van der Waals surface area contributed by atoms with Crippen LogP contribution in [0.25, 0.3) is 16.7 Å². The molecule has 0 bridgehead atoms. The van der Waals surface area contributed by atoms with E-state index in [2.05, 4.69) is 0 Å². The maximum Gasteiger partial charge on any atom is 0.422 e. The molecule has 3 aromatic carbocycles. The minimum absolute atomic E-state index is 0.714. The Bertz CT molecular complexity index is 2360. The Balaban J connectivity index is 2.40. The molecule has 0 radical (unpaired) electrons. The van der Waals surface area contributed by atoms with Crippen molar-refractivity contribution in [3.63, 3.8) is 0 Å². The Morgan fingerprint density at radius 1 is 0.340 bits per heavy atom. The van der Waals surface area contributed by atoms with Gasteiger partial charge in [-0.2, -0.15) is 52.7 Å². The van der Waals surface area contributed by atoms with Gasteiger partial charge in [-0.15, -0.1) is 0 Å². The zero-order valence-corrected chi connectivity index (χ0v) is 24.2. The highest BCUT2D eigenvalue weighted by molar-refractivity contribution is 6.12. The van der Waals surface area contributed by atoms with Crippen LogP contribution in [0.1, 0.15) is 38.9 Å². The van der Waals surface area contributed by atoms with Gasteiger partial charge in [-0.1, -0.05) is 0 Å². The fraction of sp³-hybridized carbons (Fsp3) is 0.0645. The molecule has 0 aromatic heterocycles. The molecule has 0 N–H and O–H groups in total. The van der Waals surface area contributed by atoms with Gasteiger partial charge in [-0.3, -0.25) is 0 Å². The molecular formula is C31F17N5. The molecule has 3 aromatic rings. The normalized spacial score (nSPS) is 14.5. The van der Waals surface area contributed by atoms with Crippen molar-refractivity contribution >= 4 is 16.7 Å². The quantitative estimate of drug-likeness (QED) is 0.150. The summed E-state index contributed by atoms with van der Waals surface area (Å²) in [7, 11) is 0. The van der Waals surface area contributed by atoms with Crippen molar-refractivity contribution in [3.8, 4) is 30.3 Å². The number of nitrogens with zero attached hydrogens (tertiary/aromatic N) is 5. The monoisotopic (exact) mass is 765 g/mol. The SMILES string of the molecule is N#CC(=C1C(=C(/C#N)c2c(F)c(F)c(C(F)(F)F)c(F)c2F)/C1=C(\C#N)c1c(F)c(F)c(C(F)(F)F)c(F)c1F)c1c(F)c(F)c(C#N)c(C#N)c1F. The van der Waals surface area contributed by atoms with Gasteiger partial charge in [0.05, 0.1) is 33.4 Å². The Kier molecular flexibility index (Phi) is 9.58. The zero-order chi connectivity index (χ0) is 40.4. The van der Waals surface area contributed by atoms with Crippen LogP contribution in [0.3, 0.4) is 0 Å².